The molecule has 3 heteroatoms. The average molecular weight is 319 g/mol. The van der Waals surface area contributed by atoms with Crippen molar-refractivity contribution < 1.29 is 4.39 Å². The van der Waals surface area contributed by atoms with E-state index in [2.05, 4.69) is 51.1 Å². The fourth-order valence-corrected chi connectivity index (χ4v) is 3.54. The molecule has 2 aromatic carbocycles. The number of hydrogen-bond acceptors (Lipinski definition) is 1. The predicted molar refractivity (Wildman–Crippen MR) is 100 cm³/mol. The first-order valence-electron chi connectivity index (χ1n) is 7.54. The van der Waals surface area contributed by atoms with Gasteiger partial charge < -0.3 is 0 Å². The summed E-state index contributed by atoms with van der Waals surface area (Å²) < 4.78 is 13.1. The van der Waals surface area contributed by atoms with Gasteiger partial charge in [-0.2, -0.15) is 0 Å². The lowest BCUT2D eigenvalue weighted by atomic mass is 9.72. The van der Waals surface area contributed by atoms with Crippen LogP contribution in [-0.4, -0.2) is 7.28 Å². The van der Waals surface area contributed by atoms with Gasteiger partial charge in [0.2, 0.25) is 0 Å². The van der Waals surface area contributed by atoms with Gasteiger partial charge >= 0.3 is 0 Å². The maximum absolute atomic E-state index is 13.1. The van der Waals surface area contributed by atoms with Crippen molar-refractivity contribution in [2.24, 2.45) is 0 Å². The summed E-state index contributed by atoms with van der Waals surface area (Å²) in [6, 6.07) is 17.2. The summed E-state index contributed by atoms with van der Waals surface area (Å²) in [7, 11) is 2.09. The fraction of sp³-hybridized carbons (Fsp3) is 0.100. The van der Waals surface area contributed by atoms with Crippen LogP contribution < -0.4 is 5.46 Å². The van der Waals surface area contributed by atoms with Gasteiger partial charge in [-0.05, 0) is 53.5 Å². The topological polar surface area (TPSA) is 0 Å². The van der Waals surface area contributed by atoms with Gasteiger partial charge in [0.15, 0.2) is 0 Å². The molecule has 113 valence electrons. The first kappa shape index (κ1) is 15.8. The summed E-state index contributed by atoms with van der Waals surface area (Å²) in [6.45, 7) is 8.43. The Hall–Kier alpha value is -2.13. The van der Waals surface area contributed by atoms with Crippen LogP contribution in [0, 0.1) is 12.7 Å². The van der Waals surface area contributed by atoms with Gasteiger partial charge in [-0.1, -0.05) is 49.2 Å². The zero-order valence-electron chi connectivity index (χ0n) is 13.3. The molecule has 0 aliphatic carbocycles. The van der Waals surface area contributed by atoms with Crippen molar-refractivity contribution in [3.05, 3.63) is 83.0 Å². The molecule has 0 N–H and O–H groups in total. The third-order valence-corrected chi connectivity index (χ3v) is 5.15. The minimum atomic E-state index is -0.210. The van der Waals surface area contributed by atoms with Crippen molar-refractivity contribution in [2.45, 2.75) is 13.7 Å². The normalized spacial score (nSPS) is 10.6. The van der Waals surface area contributed by atoms with E-state index in [1.54, 1.807) is 11.3 Å². The molecule has 1 aromatic heterocycles. The van der Waals surface area contributed by atoms with Crippen molar-refractivity contribution in [2.75, 3.05) is 0 Å². The molecule has 0 amide bonds. The van der Waals surface area contributed by atoms with E-state index in [0.717, 1.165) is 20.9 Å². The Bertz CT molecular complexity index is 846. The van der Waals surface area contributed by atoms with Gasteiger partial charge in [0.25, 0.3) is 0 Å². The second-order valence-corrected chi connectivity index (χ2v) is 6.60. The van der Waals surface area contributed by atoms with Gasteiger partial charge in [-0.25, -0.2) is 4.39 Å². The fourth-order valence-electron chi connectivity index (χ4n) is 2.55. The van der Waals surface area contributed by atoms with Crippen molar-refractivity contribution >= 4 is 29.7 Å². The van der Waals surface area contributed by atoms with Crippen molar-refractivity contribution in [1.29, 1.82) is 0 Å². The standard InChI is InChI=1S/C20H17BFS/c1-13-4-7-16(21-3)12-18(13)14(2)19-10-11-20(23-19)15-5-8-17(22)9-6-15/h4-12H,2H2,1,3H3. The number of benzene rings is 2. The maximum Gasteiger partial charge on any atom is 0.148 e. The predicted octanol–water partition coefficient (Wildman–Crippen LogP) is 5.30. The van der Waals surface area contributed by atoms with Gasteiger partial charge in [0.05, 0.1) is 0 Å². The second kappa shape index (κ2) is 6.55. The Morgan fingerprint density at radius 2 is 1.78 bits per heavy atom. The molecule has 1 radical (unpaired) electrons. The molecule has 0 saturated heterocycles. The van der Waals surface area contributed by atoms with Crippen LogP contribution in [0.4, 0.5) is 4.39 Å². The molecule has 3 aromatic rings. The highest BCUT2D eigenvalue weighted by molar-refractivity contribution is 7.16. The molecule has 0 unspecified atom stereocenters. The van der Waals surface area contributed by atoms with E-state index in [9.17, 15) is 4.39 Å². The molecule has 3 rings (SSSR count). The van der Waals surface area contributed by atoms with Gasteiger partial charge in [-0.3, -0.25) is 0 Å². The van der Waals surface area contributed by atoms with Gasteiger partial charge in [-0.15, -0.1) is 11.3 Å². The van der Waals surface area contributed by atoms with Crippen molar-refractivity contribution in [3.63, 3.8) is 0 Å². The minimum absolute atomic E-state index is 0.210. The van der Waals surface area contributed by atoms with Crippen LogP contribution in [0.1, 0.15) is 16.0 Å². The molecule has 0 aliphatic heterocycles. The maximum atomic E-state index is 13.1. The molecule has 0 nitrogen and oxygen atoms in total. The summed E-state index contributed by atoms with van der Waals surface area (Å²) in [4.78, 5) is 2.26. The van der Waals surface area contributed by atoms with Gasteiger partial charge in [0, 0.05) is 9.75 Å². The molecular weight excluding hydrogens is 302 g/mol. The Kier molecular flexibility index (Phi) is 4.49. The first-order valence-corrected chi connectivity index (χ1v) is 8.35. The SMILES string of the molecule is C=C(c1ccc(-c2ccc(F)cc2)s1)c1cc([B]C)ccc1C. The average Bonchev–Trinajstić information content (AvgIpc) is 3.05. The van der Waals surface area contributed by atoms with E-state index in [4.69, 9.17) is 0 Å². The summed E-state index contributed by atoms with van der Waals surface area (Å²) in [5.41, 5.74) is 5.65. The summed E-state index contributed by atoms with van der Waals surface area (Å²) in [5, 5.41) is 0. The zero-order chi connectivity index (χ0) is 16.4. The third kappa shape index (κ3) is 3.30. The Morgan fingerprint density at radius 3 is 2.48 bits per heavy atom. The van der Waals surface area contributed by atoms with Crippen molar-refractivity contribution in [3.8, 4) is 10.4 Å². The quantitative estimate of drug-likeness (QED) is 0.572. The second-order valence-electron chi connectivity index (χ2n) is 5.51. The molecule has 0 spiro atoms. The van der Waals surface area contributed by atoms with E-state index < -0.39 is 0 Å². The van der Waals surface area contributed by atoms with Crippen LogP contribution in [0.25, 0.3) is 16.0 Å². The van der Waals surface area contributed by atoms with Crippen LogP contribution in [0.3, 0.4) is 0 Å². The molecule has 0 saturated carbocycles. The Labute approximate surface area is 141 Å². The highest BCUT2D eigenvalue weighted by atomic mass is 32.1. The van der Waals surface area contributed by atoms with E-state index in [0.29, 0.717) is 0 Å². The van der Waals surface area contributed by atoms with Crippen LogP contribution in [0.15, 0.2) is 61.2 Å². The number of hydrogen-bond donors (Lipinski definition) is 0. The molecular formula is C20H17BFS. The van der Waals surface area contributed by atoms with E-state index in [-0.39, 0.29) is 5.82 Å². The molecule has 23 heavy (non-hydrogen) atoms. The van der Waals surface area contributed by atoms with Crippen molar-refractivity contribution in [1.82, 2.24) is 0 Å². The number of halogens is 1. The number of aryl methyl sites for hydroxylation is 1. The van der Waals surface area contributed by atoms with E-state index in [1.807, 2.05) is 19.0 Å². The lowest BCUT2D eigenvalue weighted by Gasteiger charge is -2.09. The summed E-state index contributed by atoms with van der Waals surface area (Å²) >= 11 is 1.68. The molecule has 0 bridgehead atoms. The highest BCUT2D eigenvalue weighted by Crippen LogP contribution is 2.34. The van der Waals surface area contributed by atoms with E-state index >= 15 is 0 Å². The molecule has 1 heterocycles. The summed E-state index contributed by atoms with van der Waals surface area (Å²) in [5.74, 6) is -0.210. The van der Waals surface area contributed by atoms with Crippen LogP contribution >= 0.6 is 11.3 Å². The first-order chi connectivity index (χ1) is 11.1. The molecule has 0 atom stereocenters. The van der Waals surface area contributed by atoms with E-state index in [1.165, 1.54) is 28.7 Å². The third-order valence-electron chi connectivity index (χ3n) is 3.95. The lowest BCUT2D eigenvalue weighted by molar-refractivity contribution is 0.628. The molecule has 0 fully saturated rings. The van der Waals surface area contributed by atoms with Crippen LogP contribution in [0.5, 0.6) is 0 Å². The molecule has 0 aliphatic rings. The number of thiophene rings is 1. The minimum Gasteiger partial charge on any atom is -0.207 e. The Balaban J connectivity index is 1.94. The lowest BCUT2D eigenvalue weighted by Crippen LogP contribution is -2.11. The van der Waals surface area contributed by atoms with Gasteiger partial charge in [0.1, 0.15) is 13.1 Å². The monoisotopic (exact) mass is 319 g/mol. The largest absolute Gasteiger partial charge is 0.207 e. The highest BCUT2D eigenvalue weighted by Gasteiger charge is 2.10. The smallest absolute Gasteiger partial charge is 0.148 e. The Morgan fingerprint density at radius 1 is 1.04 bits per heavy atom. The van der Waals surface area contributed by atoms with Crippen LogP contribution in [0.2, 0.25) is 6.82 Å². The van der Waals surface area contributed by atoms with Crippen LogP contribution in [-0.2, 0) is 0 Å². The number of rotatable bonds is 4. The summed E-state index contributed by atoms with van der Waals surface area (Å²) in [6.07, 6.45) is 0. The zero-order valence-corrected chi connectivity index (χ0v) is 14.1.